The van der Waals surface area contributed by atoms with E-state index in [1.54, 1.807) is 0 Å². The Morgan fingerprint density at radius 1 is 1.67 bits per heavy atom. The summed E-state index contributed by atoms with van der Waals surface area (Å²) in [5.74, 6) is 0.917. The summed E-state index contributed by atoms with van der Waals surface area (Å²) in [6.07, 6.45) is 2.36. The van der Waals surface area contributed by atoms with Gasteiger partial charge in [0.1, 0.15) is 0 Å². The number of thiol groups is 1. The van der Waals surface area contributed by atoms with Gasteiger partial charge in [0.15, 0.2) is 0 Å². The van der Waals surface area contributed by atoms with Gasteiger partial charge in [-0.2, -0.15) is 12.6 Å². The van der Waals surface area contributed by atoms with Gasteiger partial charge in [0.25, 0.3) is 0 Å². The van der Waals surface area contributed by atoms with Gasteiger partial charge in [-0.15, -0.1) is 0 Å². The summed E-state index contributed by atoms with van der Waals surface area (Å²) in [6, 6.07) is 0. The van der Waals surface area contributed by atoms with Gasteiger partial charge in [0.05, 0.1) is 4.99 Å². The molecule has 0 atom stereocenters. The van der Waals surface area contributed by atoms with Crippen LogP contribution in [0.1, 0.15) is 12.8 Å². The molecule has 1 saturated heterocycles. The molecule has 0 unspecified atom stereocenters. The summed E-state index contributed by atoms with van der Waals surface area (Å²) in [4.78, 5) is 3.37. The largest absolute Gasteiger partial charge is 0.365 e. The van der Waals surface area contributed by atoms with Crippen molar-refractivity contribution in [1.82, 2.24) is 4.90 Å². The van der Waals surface area contributed by atoms with Gasteiger partial charge in [0.2, 0.25) is 0 Å². The van der Waals surface area contributed by atoms with Crippen molar-refractivity contribution in [1.29, 1.82) is 0 Å². The molecule has 0 aromatic heterocycles. The molecular formula is C6H11NS2. The number of rotatable bonds is 2. The maximum Gasteiger partial charge on any atom is 0.0780 e. The first kappa shape index (κ1) is 7.35. The monoisotopic (exact) mass is 161 g/mol. The first-order valence-electron chi connectivity index (χ1n) is 3.23. The van der Waals surface area contributed by atoms with Crippen LogP contribution in [0.2, 0.25) is 0 Å². The zero-order valence-electron chi connectivity index (χ0n) is 5.34. The van der Waals surface area contributed by atoms with Crippen LogP contribution in [0.15, 0.2) is 0 Å². The fraction of sp³-hybridized carbons (Fsp3) is 0.833. The minimum Gasteiger partial charge on any atom is -0.365 e. The molecule has 0 aromatic carbocycles. The Bertz CT molecular complexity index is 114. The molecule has 0 amide bonds. The number of nitrogens with zero attached hydrogens (tertiary/aromatic N) is 1. The normalized spacial score (nSPS) is 19.2. The van der Waals surface area contributed by atoms with E-state index in [0.29, 0.717) is 0 Å². The van der Waals surface area contributed by atoms with E-state index < -0.39 is 0 Å². The van der Waals surface area contributed by atoms with Crippen LogP contribution in [0.3, 0.4) is 0 Å². The van der Waals surface area contributed by atoms with Gasteiger partial charge in [-0.25, -0.2) is 0 Å². The SMILES string of the molecule is S=C1CCCN1CCS. The molecule has 3 heteroatoms. The molecule has 0 spiro atoms. The highest BCUT2D eigenvalue weighted by Gasteiger charge is 2.14. The predicted octanol–water partition coefficient (Wildman–Crippen LogP) is 1.34. The van der Waals surface area contributed by atoms with Crippen molar-refractivity contribution in [3.63, 3.8) is 0 Å². The lowest BCUT2D eigenvalue weighted by Crippen LogP contribution is -2.25. The summed E-state index contributed by atoms with van der Waals surface area (Å²) < 4.78 is 0. The third-order valence-corrected chi connectivity index (χ3v) is 2.20. The quantitative estimate of drug-likeness (QED) is 0.481. The molecule has 0 saturated carbocycles. The van der Waals surface area contributed by atoms with E-state index in [1.807, 2.05) is 0 Å². The van der Waals surface area contributed by atoms with E-state index >= 15 is 0 Å². The zero-order valence-corrected chi connectivity index (χ0v) is 7.05. The number of thiocarbonyl (C=S) groups is 1. The first-order valence-corrected chi connectivity index (χ1v) is 4.27. The Kier molecular flexibility index (Phi) is 2.79. The molecule has 1 heterocycles. The first-order chi connectivity index (χ1) is 4.34. The highest BCUT2D eigenvalue weighted by atomic mass is 32.1. The second-order valence-corrected chi connectivity index (χ2v) is 3.13. The molecule has 1 aliphatic rings. The van der Waals surface area contributed by atoms with Crippen LogP contribution in [-0.4, -0.2) is 28.7 Å². The maximum absolute atomic E-state index is 5.10. The Morgan fingerprint density at radius 2 is 2.44 bits per heavy atom. The van der Waals surface area contributed by atoms with E-state index in [4.69, 9.17) is 12.2 Å². The predicted molar refractivity (Wildman–Crippen MR) is 47.3 cm³/mol. The fourth-order valence-electron chi connectivity index (χ4n) is 1.06. The fourth-order valence-corrected chi connectivity index (χ4v) is 1.63. The van der Waals surface area contributed by atoms with Crippen molar-refractivity contribution in [3.8, 4) is 0 Å². The highest BCUT2D eigenvalue weighted by molar-refractivity contribution is 7.80. The second-order valence-electron chi connectivity index (χ2n) is 2.21. The zero-order chi connectivity index (χ0) is 6.69. The molecule has 0 N–H and O–H groups in total. The molecule has 0 bridgehead atoms. The lowest BCUT2D eigenvalue weighted by molar-refractivity contribution is 0.489. The summed E-state index contributed by atoms with van der Waals surface area (Å²) in [7, 11) is 0. The number of hydrogen-bond donors (Lipinski definition) is 1. The maximum atomic E-state index is 5.10. The Morgan fingerprint density at radius 3 is 2.89 bits per heavy atom. The van der Waals surface area contributed by atoms with Crippen molar-refractivity contribution in [2.45, 2.75) is 12.8 Å². The van der Waals surface area contributed by atoms with Crippen molar-refractivity contribution in [3.05, 3.63) is 0 Å². The van der Waals surface area contributed by atoms with E-state index in [9.17, 15) is 0 Å². The van der Waals surface area contributed by atoms with Gasteiger partial charge in [-0.3, -0.25) is 0 Å². The van der Waals surface area contributed by atoms with Crippen molar-refractivity contribution >= 4 is 29.8 Å². The van der Waals surface area contributed by atoms with Crippen LogP contribution in [0, 0.1) is 0 Å². The summed E-state index contributed by atoms with van der Waals surface area (Å²) in [6.45, 7) is 2.18. The van der Waals surface area contributed by atoms with E-state index in [1.165, 1.54) is 6.42 Å². The molecule has 9 heavy (non-hydrogen) atoms. The molecule has 1 fully saturated rings. The van der Waals surface area contributed by atoms with Gasteiger partial charge in [0, 0.05) is 18.8 Å². The standard InChI is InChI=1S/C6H11NS2/c8-5-4-7-3-1-2-6(7)9/h8H,1-5H2. The minimum atomic E-state index is 0.917. The number of likely N-dealkylation sites (tertiary alicyclic amines) is 1. The smallest absolute Gasteiger partial charge is 0.0780 e. The molecule has 0 aromatic rings. The Balaban J connectivity index is 2.31. The van der Waals surface area contributed by atoms with E-state index in [-0.39, 0.29) is 0 Å². The molecule has 0 aliphatic carbocycles. The Labute approximate surface area is 66.8 Å². The van der Waals surface area contributed by atoms with Crippen LogP contribution in [0.25, 0.3) is 0 Å². The second kappa shape index (κ2) is 3.42. The lowest BCUT2D eigenvalue weighted by atomic mass is 10.4. The molecule has 1 nitrogen and oxygen atoms in total. The molecule has 1 rings (SSSR count). The van der Waals surface area contributed by atoms with Crippen molar-refractivity contribution < 1.29 is 0 Å². The van der Waals surface area contributed by atoms with Gasteiger partial charge in [-0.05, 0) is 12.8 Å². The van der Waals surface area contributed by atoms with Crippen molar-refractivity contribution in [2.75, 3.05) is 18.8 Å². The third-order valence-electron chi connectivity index (χ3n) is 1.54. The highest BCUT2D eigenvalue weighted by Crippen LogP contribution is 2.10. The van der Waals surface area contributed by atoms with Crippen molar-refractivity contribution in [2.24, 2.45) is 0 Å². The molecular weight excluding hydrogens is 150 g/mol. The lowest BCUT2D eigenvalue weighted by Gasteiger charge is -2.15. The summed E-state index contributed by atoms with van der Waals surface area (Å²) in [5.41, 5.74) is 0. The Hall–Kier alpha value is 0.240. The van der Waals surface area contributed by atoms with E-state index in [2.05, 4.69) is 17.5 Å². The van der Waals surface area contributed by atoms with Crippen LogP contribution in [-0.2, 0) is 0 Å². The average Bonchev–Trinajstić information content (AvgIpc) is 2.18. The van der Waals surface area contributed by atoms with Gasteiger partial charge in [-0.1, -0.05) is 12.2 Å². The van der Waals surface area contributed by atoms with E-state index in [0.717, 1.165) is 30.3 Å². The number of hydrogen-bond acceptors (Lipinski definition) is 2. The molecule has 1 aliphatic heterocycles. The molecule has 0 radical (unpaired) electrons. The topological polar surface area (TPSA) is 3.24 Å². The average molecular weight is 161 g/mol. The summed E-state index contributed by atoms with van der Waals surface area (Å²) >= 11 is 9.23. The summed E-state index contributed by atoms with van der Waals surface area (Å²) in [5, 5.41) is 0. The van der Waals surface area contributed by atoms with Gasteiger partial charge < -0.3 is 4.90 Å². The third kappa shape index (κ3) is 1.83. The van der Waals surface area contributed by atoms with Gasteiger partial charge >= 0.3 is 0 Å². The van der Waals surface area contributed by atoms with Crippen LogP contribution >= 0.6 is 24.8 Å². The van der Waals surface area contributed by atoms with Crippen LogP contribution in [0.4, 0.5) is 0 Å². The molecule has 52 valence electrons. The van der Waals surface area contributed by atoms with Crippen LogP contribution < -0.4 is 0 Å². The minimum absolute atomic E-state index is 0.917. The van der Waals surface area contributed by atoms with Crippen LogP contribution in [0.5, 0.6) is 0 Å².